The van der Waals surface area contributed by atoms with Gasteiger partial charge in [-0.2, -0.15) is 13.2 Å². The highest BCUT2D eigenvalue weighted by molar-refractivity contribution is 6.31. The monoisotopic (exact) mass is 393 g/mol. The van der Waals surface area contributed by atoms with Crippen molar-refractivity contribution in [2.45, 2.75) is 26.4 Å². The fourth-order valence-corrected chi connectivity index (χ4v) is 2.25. The molecular formula is C17H23ClF3N3O2. The second kappa shape index (κ2) is 8.73. The lowest BCUT2D eigenvalue weighted by atomic mass is 9.91. The number of hydrogen-bond donors (Lipinski definition) is 2. The molecule has 0 aliphatic rings. The van der Waals surface area contributed by atoms with E-state index in [9.17, 15) is 22.8 Å². The maximum Gasteiger partial charge on any atom is 0.417 e. The highest BCUT2D eigenvalue weighted by Crippen LogP contribution is 2.36. The zero-order valence-electron chi connectivity index (χ0n) is 15.1. The number of hydrogen-bond acceptors (Lipinski definition) is 3. The zero-order chi connectivity index (χ0) is 20.1. The lowest BCUT2D eigenvalue weighted by Gasteiger charge is -2.23. The van der Waals surface area contributed by atoms with E-state index in [1.165, 1.54) is 19.9 Å². The van der Waals surface area contributed by atoms with E-state index in [1.54, 1.807) is 0 Å². The third kappa shape index (κ3) is 6.17. The van der Waals surface area contributed by atoms with Crippen LogP contribution in [0, 0.1) is 5.41 Å². The zero-order valence-corrected chi connectivity index (χ0v) is 15.9. The van der Waals surface area contributed by atoms with Gasteiger partial charge in [-0.3, -0.25) is 9.59 Å². The number of benzene rings is 1. The summed E-state index contributed by atoms with van der Waals surface area (Å²) in [4.78, 5) is 26.6. The molecule has 146 valence electrons. The van der Waals surface area contributed by atoms with Crippen LogP contribution < -0.4 is 10.6 Å². The van der Waals surface area contributed by atoms with Crippen LogP contribution in [-0.4, -0.2) is 43.9 Å². The first-order chi connectivity index (χ1) is 11.9. The van der Waals surface area contributed by atoms with Gasteiger partial charge in [-0.25, -0.2) is 0 Å². The fourth-order valence-electron chi connectivity index (χ4n) is 2.03. The molecule has 1 aromatic rings. The van der Waals surface area contributed by atoms with Gasteiger partial charge in [0, 0.05) is 12.2 Å². The molecule has 1 aromatic carbocycles. The maximum absolute atomic E-state index is 12.9. The molecule has 0 heterocycles. The molecule has 0 unspecified atom stereocenters. The average molecular weight is 394 g/mol. The first-order valence-electron chi connectivity index (χ1n) is 7.97. The van der Waals surface area contributed by atoms with Gasteiger partial charge in [0.15, 0.2) is 0 Å². The Morgan fingerprint density at radius 3 is 2.31 bits per heavy atom. The minimum Gasteiger partial charge on any atom is -0.355 e. The van der Waals surface area contributed by atoms with E-state index >= 15 is 0 Å². The van der Waals surface area contributed by atoms with Crippen molar-refractivity contribution in [1.29, 1.82) is 0 Å². The molecule has 0 fully saturated rings. The van der Waals surface area contributed by atoms with Gasteiger partial charge in [0.25, 0.3) is 0 Å². The lowest BCUT2D eigenvalue weighted by molar-refractivity contribution is -0.139. The van der Waals surface area contributed by atoms with E-state index in [4.69, 9.17) is 11.6 Å². The molecule has 0 aliphatic heterocycles. The molecule has 0 bridgehead atoms. The van der Waals surface area contributed by atoms with E-state index in [-0.39, 0.29) is 5.69 Å². The summed E-state index contributed by atoms with van der Waals surface area (Å²) in [5.41, 5.74) is -2.58. The summed E-state index contributed by atoms with van der Waals surface area (Å²) in [6, 6.07) is 3.04. The number of carbonyl (C=O) groups is 2. The Hall–Kier alpha value is -1.80. The Balaban J connectivity index is 2.78. The molecule has 9 heteroatoms. The molecule has 1 rings (SSSR count). The third-order valence-corrected chi connectivity index (χ3v) is 4.06. The topological polar surface area (TPSA) is 61.4 Å². The largest absolute Gasteiger partial charge is 0.417 e. The first-order valence-corrected chi connectivity index (χ1v) is 8.34. The maximum atomic E-state index is 12.9. The van der Waals surface area contributed by atoms with Crippen LogP contribution in [0.15, 0.2) is 18.2 Å². The van der Waals surface area contributed by atoms with Gasteiger partial charge in [0.1, 0.15) is 5.41 Å². The van der Waals surface area contributed by atoms with E-state index < -0.39 is 34.0 Å². The quantitative estimate of drug-likeness (QED) is 0.551. The van der Waals surface area contributed by atoms with Crippen molar-refractivity contribution in [2.24, 2.45) is 5.41 Å². The van der Waals surface area contributed by atoms with Gasteiger partial charge in [-0.1, -0.05) is 11.6 Å². The van der Waals surface area contributed by atoms with Crippen molar-refractivity contribution in [3.63, 3.8) is 0 Å². The van der Waals surface area contributed by atoms with Gasteiger partial charge in [0.2, 0.25) is 11.8 Å². The van der Waals surface area contributed by atoms with Gasteiger partial charge >= 0.3 is 6.18 Å². The summed E-state index contributed by atoms with van der Waals surface area (Å²) >= 11 is 5.55. The fraction of sp³-hybridized carbons (Fsp3) is 0.529. The first kappa shape index (κ1) is 22.2. The standard InChI is InChI=1S/C17H23ClF3N3O2/c1-16(2,14(25)22-8-5-9-24(3)4)15(26)23-11-6-7-13(18)12(10-11)17(19,20)21/h6-7,10H,5,8-9H2,1-4H3,(H,22,25)(H,23,26). The molecule has 2 N–H and O–H groups in total. The van der Waals surface area contributed by atoms with Gasteiger partial charge < -0.3 is 15.5 Å². The molecule has 0 aliphatic carbocycles. The Kier molecular flexibility index (Phi) is 7.46. The molecule has 0 atom stereocenters. The Morgan fingerprint density at radius 2 is 1.77 bits per heavy atom. The second-order valence-electron chi connectivity index (χ2n) is 6.68. The van der Waals surface area contributed by atoms with Crippen LogP contribution in [-0.2, 0) is 15.8 Å². The van der Waals surface area contributed by atoms with Crippen molar-refractivity contribution in [3.8, 4) is 0 Å². The SMILES string of the molecule is CN(C)CCCNC(=O)C(C)(C)C(=O)Nc1ccc(Cl)c(C(F)(F)F)c1. The Morgan fingerprint density at radius 1 is 1.15 bits per heavy atom. The van der Waals surface area contributed by atoms with E-state index in [0.29, 0.717) is 13.0 Å². The molecular weight excluding hydrogens is 371 g/mol. The van der Waals surface area contributed by atoms with Crippen molar-refractivity contribution < 1.29 is 22.8 Å². The molecule has 0 radical (unpaired) electrons. The molecule has 5 nitrogen and oxygen atoms in total. The minimum atomic E-state index is -4.64. The summed E-state index contributed by atoms with van der Waals surface area (Å²) in [6.07, 6.45) is -3.93. The summed E-state index contributed by atoms with van der Waals surface area (Å²) in [6.45, 7) is 3.99. The van der Waals surface area contributed by atoms with Crippen molar-refractivity contribution in [1.82, 2.24) is 10.2 Å². The van der Waals surface area contributed by atoms with Crippen LogP contribution in [0.2, 0.25) is 5.02 Å². The molecule has 0 spiro atoms. The van der Waals surface area contributed by atoms with E-state index in [0.717, 1.165) is 18.7 Å². The molecule has 0 saturated carbocycles. The van der Waals surface area contributed by atoms with Crippen molar-refractivity contribution >= 4 is 29.1 Å². The predicted octanol–water partition coefficient (Wildman–Crippen LogP) is 3.39. The van der Waals surface area contributed by atoms with Crippen LogP contribution in [0.25, 0.3) is 0 Å². The average Bonchev–Trinajstić information content (AvgIpc) is 2.51. The molecule has 0 aromatic heterocycles. The van der Waals surface area contributed by atoms with Crippen LogP contribution in [0.1, 0.15) is 25.8 Å². The minimum absolute atomic E-state index is 0.0831. The molecule has 2 amide bonds. The lowest BCUT2D eigenvalue weighted by Crippen LogP contribution is -2.45. The van der Waals surface area contributed by atoms with Crippen molar-refractivity contribution in [2.75, 3.05) is 32.5 Å². The number of nitrogens with one attached hydrogen (secondary N) is 2. The smallest absolute Gasteiger partial charge is 0.355 e. The summed E-state index contributed by atoms with van der Waals surface area (Å²) in [7, 11) is 3.81. The van der Waals surface area contributed by atoms with Crippen LogP contribution in [0.4, 0.5) is 18.9 Å². The number of rotatable bonds is 7. The van der Waals surface area contributed by atoms with E-state index in [1.807, 2.05) is 19.0 Å². The van der Waals surface area contributed by atoms with Crippen molar-refractivity contribution in [3.05, 3.63) is 28.8 Å². The van der Waals surface area contributed by atoms with Gasteiger partial charge in [-0.05, 0) is 59.1 Å². The second-order valence-corrected chi connectivity index (χ2v) is 7.09. The Bertz CT molecular complexity index is 661. The molecule has 26 heavy (non-hydrogen) atoms. The summed E-state index contributed by atoms with van der Waals surface area (Å²) in [5.74, 6) is -1.21. The van der Waals surface area contributed by atoms with E-state index in [2.05, 4.69) is 10.6 Å². The Labute approximate surface area is 155 Å². The number of carbonyl (C=O) groups excluding carboxylic acids is 2. The summed E-state index contributed by atoms with van der Waals surface area (Å²) in [5, 5.41) is 4.54. The highest BCUT2D eigenvalue weighted by atomic mass is 35.5. The highest BCUT2D eigenvalue weighted by Gasteiger charge is 2.37. The number of anilines is 1. The summed E-state index contributed by atoms with van der Waals surface area (Å²) < 4.78 is 38.7. The van der Waals surface area contributed by atoms with Gasteiger partial charge in [-0.15, -0.1) is 0 Å². The van der Waals surface area contributed by atoms with Gasteiger partial charge in [0.05, 0.1) is 10.6 Å². The number of halogens is 4. The van der Waals surface area contributed by atoms with Crippen LogP contribution >= 0.6 is 11.6 Å². The predicted molar refractivity (Wildman–Crippen MR) is 95.0 cm³/mol. The number of alkyl halides is 3. The molecule has 0 saturated heterocycles. The number of nitrogens with zero attached hydrogens (tertiary/aromatic N) is 1. The number of amides is 2. The van der Waals surface area contributed by atoms with Crippen LogP contribution in [0.3, 0.4) is 0 Å². The third-order valence-electron chi connectivity index (χ3n) is 3.73. The normalized spacial score (nSPS) is 12.2. The van der Waals surface area contributed by atoms with Crippen LogP contribution in [0.5, 0.6) is 0 Å².